The van der Waals surface area contributed by atoms with Crippen LogP contribution >= 0.6 is 15.9 Å². The highest BCUT2D eigenvalue weighted by Gasteiger charge is 1.98. The highest BCUT2D eigenvalue weighted by Crippen LogP contribution is 2.22. The maximum Gasteiger partial charge on any atom is 0.0708 e. The predicted molar refractivity (Wildman–Crippen MR) is 93.4 cm³/mol. The normalized spacial score (nSPS) is 10.1. The lowest BCUT2D eigenvalue weighted by molar-refractivity contribution is 1.44. The van der Waals surface area contributed by atoms with Gasteiger partial charge in [-0.15, -0.1) is 0 Å². The number of hydrogen-bond donors (Lipinski definition) is 0. The van der Waals surface area contributed by atoms with Gasteiger partial charge >= 0.3 is 0 Å². The molecule has 1 nitrogen and oxygen atoms in total. The van der Waals surface area contributed by atoms with Crippen molar-refractivity contribution in [2.75, 3.05) is 0 Å². The maximum atomic E-state index is 4.41. The maximum absolute atomic E-state index is 4.41. The Labute approximate surface area is 132 Å². The zero-order valence-corrected chi connectivity index (χ0v) is 13.0. The Hall–Kier alpha value is -2.19. The third kappa shape index (κ3) is 3.29. The number of hydrogen-bond acceptors (Lipinski definition) is 1. The van der Waals surface area contributed by atoms with Gasteiger partial charge in [0, 0.05) is 21.4 Å². The first-order valence-electron chi connectivity index (χ1n) is 6.77. The van der Waals surface area contributed by atoms with Crippen molar-refractivity contribution in [3.8, 4) is 0 Å². The number of nitrogens with zero attached hydrogens (tertiary/aromatic N) is 1. The molecule has 0 aliphatic rings. The van der Waals surface area contributed by atoms with Gasteiger partial charge in [0.2, 0.25) is 0 Å². The van der Waals surface area contributed by atoms with Crippen LogP contribution in [0.1, 0.15) is 0 Å². The van der Waals surface area contributed by atoms with Gasteiger partial charge in [0.25, 0.3) is 0 Å². The van der Waals surface area contributed by atoms with Crippen LogP contribution in [0.15, 0.2) is 89.5 Å². The van der Waals surface area contributed by atoms with Gasteiger partial charge in [0.05, 0.1) is 5.52 Å². The summed E-state index contributed by atoms with van der Waals surface area (Å²) >= 11 is 3.31. The molecule has 0 N–H and O–H groups in total. The third-order valence-corrected chi connectivity index (χ3v) is 3.76. The fraction of sp³-hybridized carbons (Fsp3) is 0. The van der Waals surface area contributed by atoms with E-state index < -0.39 is 0 Å². The minimum absolute atomic E-state index is 1.06. The monoisotopic (exact) mass is 335 g/mol. The van der Waals surface area contributed by atoms with E-state index in [0.717, 1.165) is 9.99 Å². The molecule has 0 fully saturated rings. The fourth-order valence-corrected chi connectivity index (χ4v) is 2.53. The molecule has 4 aromatic rings. The van der Waals surface area contributed by atoms with Crippen molar-refractivity contribution in [1.82, 2.24) is 4.98 Å². The summed E-state index contributed by atoms with van der Waals surface area (Å²) in [5.74, 6) is 0. The van der Waals surface area contributed by atoms with Gasteiger partial charge in [-0.2, -0.15) is 0 Å². The second-order valence-corrected chi connectivity index (χ2v) is 5.57. The largest absolute Gasteiger partial charge is 0.256 e. The van der Waals surface area contributed by atoms with Crippen LogP contribution in [0, 0.1) is 0 Å². The van der Waals surface area contributed by atoms with Crippen LogP contribution in [0.4, 0.5) is 0 Å². The number of benzene rings is 3. The highest BCUT2D eigenvalue weighted by molar-refractivity contribution is 9.10. The van der Waals surface area contributed by atoms with Crippen molar-refractivity contribution >= 4 is 37.6 Å². The van der Waals surface area contributed by atoms with Gasteiger partial charge in [0.15, 0.2) is 0 Å². The lowest BCUT2D eigenvalue weighted by Gasteiger charge is -2.01. The number of aromatic nitrogens is 1. The molecule has 0 unspecified atom stereocenters. The van der Waals surface area contributed by atoms with Crippen molar-refractivity contribution in [3.63, 3.8) is 0 Å². The van der Waals surface area contributed by atoms with E-state index in [1.807, 2.05) is 54.7 Å². The van der Waals surface area contributed by atoms with E-state index >= 15 is 0 Å². The molecule has 0 aliphatic heterocycles. The Morgan fingerprint density at radius 1 is 0.619 bits per heavy atom. The van der Waals surface area contributed by atoms with Gasteiger partial charge in [-0.1, -0.05) is 76.6 Å². The van der Waals surface area contributed by atoms with Gasteiger partial charge < -0.3 is 0 Å². The second kappa shape index (κ2) is 6.51. The highest BCUT2D eigenvalue weighted by atomic mass is 79.9. The Kier molecular flexibility index (Phi) is 4.27. The zero-order chi connectivity index (χ0) is 14.5. The minimum Gasteiger partial charge on any atom is -0.256 e. The average Bonchev–Trinajstić information content (AvgIpc) is 2.56. The molecule has 0 saturated carbocycles. The quantitative estimate of drug-likeness (QED) is 0.368. The number of fused-ring (bicyclic) bond motifs is 3. The molecular formula is C19H14BrN. The Morgan fingerprint density at radius 3 is 1.95 bits per heavy atom. The van der Waals surface area contributed by atoms with Gasteiger partial charge in [-0.3, -0.25) is 4.98 Å². The topological polar surface area (TPSA) is 12.9 Å². The summed E-state index contributed by atoms with van der Waals surface area (Å²) < 4.78 is 1.13. The summed E-state index contributed by atoms with van der Waals surface area (Å²) in [7, 11) is 0. The van der Waals surface area contributed by atoms with Crippen LogP contribution < -0.4 is 0 Å². The van der Waals surface area contributed by atoms with Gasteiger partial charge in [-0.05, 0) is 23.6 Å². The van der Waals surface area contributed by atoms with Crippen molar-refractivity contribution in [3.05, 3.63) is 89.5 Å². The SMILES string of the molecule is Brc1ccccc1.c1ccc2c(c1)cnc1ccccc12. The molecule has 0 bridgehead atoms. The van der Waals surface area contributed by atoms with E-state index in [2.05, 4.69) is 51.2 Å². The first-order valence-corrected chi connectivity index (χ1v) is 7.57. The average molecular weight is 336 g/mol. The Balaban J connectivity index is 0.000000160. The molecule has 4 rings (SSSR count). The zero-order valence-electron chi connectivity index (χ0n) is 11.4. The molecule has 1 heterocycles. The summed E-state index contributed by atoms with van der Waals surface area (Å²) in [6.07, 6.45) is 1.93. The minimum atomic E-state index is 1.06. The van der Waals surface area contributed by atoms with Crippen LogP contribution in [-0.4, -0.2) is 4.98 Å². The number of pyridine rings is 1. The van der Waals surface area contributed by atoms with Gasteiger partial charge in [-0.25, -0.2) is 0 Å². The second-order valence-electron chi connectivity index (χ2n) is 4.66. The summed E-state index contributed by atoms with van der Waals surface area (Å²) in [6, 6.07) is 26.5. The van der Waals surface area contributed by atoms with E-state index in [1.165, 1.54) is 16.2 Å². The first kappa shape index (κ1) is 13.8. The van der Waals surface area contributed by atoms with Gasteiger partial charge in [0.1, 0.15) is 0 Å². The lowest BCUT2D eigenvalue weighted by Crippen LogP contribution is -1.80. The van der Waals surface area contributed by atoms with Crippen LogP contribution in [-0.2, 0) is 0 Å². The molecule has 2 heteroatoms. The van der Waals surface area contributed by atoms with Crippen molar-refractivity contribution in [2.45, 2.75) is 0 Å². The van der Waals surface area contributed by atoms with Crippen LogP contribution in [0.2, 0.25) is 0 Å². The summed E-state index contributed by atoms with van der Waals surface area (Å²) in [5.41, 5.74) is 1.06. The summed E-state index contributed by atoms with van der Waals surface area (Å²) in [6.45, 7) is 0. The van der Waals surface area contributed by atoms with Crippen molar-refractivity contribution < 1.29 is 0 Å². The molecule has 21 heavy (non-hydrogen) atoms. The third-order valence-electron chi connectivity index (χ3n) is 3.23. The molecule has 0 radical (unpaired) electrons. The fourth-order valence-electron chi connectivity index (χ4n) is 2.22. The smallest absolute Gasteiger partial charge is 0.0708 e. The molecule has 0 atom stereocenters. The number of para-hydroxylation sites is 1. The standard InChI is InChI=1S/C13H9N.C6H5Br/c1-2-6-11-10(5-1)9-14-13-8-4-3-7-12(11)13;7-6-4-2-1-3-5-6/h1-9H;1-5H. The predicted octanol–water partition coefficient (Wildman–Crippen LogP) is 5.84. The molecule has 1 aromatic heterocycles. The van der Waals surface area contributed by atoms with Crippen molar-refractivity contribution in [2.24, 2.45) is 0 Å². The number of rotatable bonds is 0. The molecular weight excluding hydrogens is 322 g/mol. The molecule has 3 aromatic carbocycles. The van der Waals surface area contributed by atoms with E-state index in [1.54, 1.807) is 0 Å². The summed E-state index contributed by atoms with van der Waals surface area (Å²) in [5, 5.41) is 3.70. The van der Waals surface area contributed by atoms with E-state index in [9.17, 15) is 0 Å². The van der Waals surface area contributed by atoms with Crippen LogP contribution in [0.5, 0.6) is 0 Å². The molecule has 102 valence electrons. The molecule has 0 aliphatic carbocycles. The molecule has 0 saturated heterocycles. The lowest BCUT2D eigenvalue weighted by atomic mass is 10.1. The van der Waals surface area contributed by atoms with E-state index in [4.69, 9.17) is 0 Å². The number of halogens is 1. The molecule has 0 amide bonds. The molecule has 0 spiro atoms. The Bertz CT molecular complexity index is 802. The van der Waals surface area contributed by atoms with E-state index in [-0.39, 0.29) is 0 Å². The van der Waals surface area contributed by atoms with E-state index in [0.29, 0.717) is 0 Å². The van der Waals surface area contributed by atoms with Crippen LogP contribution in [0.3, 0.4) is 0 Å². The van der Waals surface area contributed by atoms with Crippen LogP contribution in [0.25, 0.3) is 21.7 Å². The summed E-state index contributed by atoms with van der Waals surface area (Å²) in [4.78, 5) is 4.41. The Morgan fingerprint density at radius 2 is 1.24 bits per heavy atom. The first-order chi connectivity index (χ1) is 10.3. The van der Waals surface area contributed by atoms with Crippen molar-refractivity contribution in [1.29, 1.82) is 0 Å².